The van der Waals surface area contributed by atoms with Crippen molar-refractivity contribution < 1.29 is 9.84 Å². The van der Waals surface area contributed by atoms with Crippen molar-refractivity contribution in [2.45, 2.75) is 18.4 Å². The summed E-state index contributed by atoms with van der Waals surface area (Å²) in [6, 6.07) is 1.63. The summed E-state index contributed by atoms with van der Waals surface area (Å²) in [7, 11) is 1.74. The van der Waals surface area contributed by atoms with E-state index in [4.69, 9.17) is 27.9 Å². The molecule has 5 nitrogen and oxygen atoms in total. The van der Waals surface area contributed by atoms with Crippen LogP contribution in [0, 0.1) is 0 Å². The molecule has 1 saturated heterocycles. The van der Waals surface area contributed by atoms with Gasteiger partial charge in [0.2, 0.25) is 0 Å². The topological polar surface area (TPSA) is 66.4 Å². The van der Waals surface area contributed by atoms with Crippen LogP contribution < -0.4 is 10.6 Å². The Morgan fingerprint density at radius 2 is 1.95 bits per heavy atom. The van der Waals surface area contributed by atoms with Crippen molar-refractivity contribution in [3.8, 4) is 0 Å². The molecule has 7 heteroatoms. The molecular formula is C12H17Cl2N3O2. The first-order valence-corrected chi connectivity index (χ1v) is 6.86. The highest BCUT2D eigenvalue weighted by Gasteiger charge is 2.33. The Hall–Kier alpha value is -0.750. The molecule has 0 spiro atoms. The molecule has 3 N–H and O–H groups in total. The van der Waals surface area contributed by atoms with Crippen LogP contribution in [-0.2, 0) is 4.74 Å². The lowest BCUT2D eigenvalue weighted by Crippen LogP contribution is -2.47. The molecular weight excluding hydrogens is 289 g/mol. The zero-order valence-electron chi connectivity index (χ0n) is 10.7. The molecule has 0 unspecified atom stereocenters. The van der Waals surface area contributed by atoms with Gasteiger partial charge in [-0.1, -0.05) is 23.2 Å². The smallest absolute Gasteiger partial charge is 0.147 e. The normalized spacial score (nSPS) is 18.1. The first-order valence-electron chi connectivity index (χ1n) is 6.11. The van der Waals surface area contributed by atoms with Gasteiger partial charge in [-0.2, -0.15) is 0 Å². The molecule has 1 aliphatic heterocycles. The molecule has 2 heterocycles. The molecule has 1 aromatic rings. The monoisotopic (exact) mass is 305 g/mol. The van der Waals surface area contributed by atoms with Gasteiger partial charge in [0.25, 0.3) is 0 Å². The van der Waals surface area contributed by atoms with Crippen molar-refractivity contribution in [1.82, 2.24) is 4.98 Å². The highest BCUT2D eigenvalue weighted by atomic mass is 35.5. The average molecular weight is 306 g/mol. The third-order valence-electron chi connectivity index (χ3n) is 3.30. The van der Waals surface area contributed by atoms with Crippen molar-refractivity contribution in [3.63, 3.8) is 0 Å². The number of anilines is 2. The average Bonchev–Trinajstić information content (AvgIpc) is 2.43. The molecule has 1 fully saturated rings. The Bertz CT molecular complexity index is 451. The van der Waals surface area contributed by atoms with E-state index >= 15 is 0 Å². The Labute approximate surface area is 122 Å². The van der Waals surface area contributed by atoms with E-state index in [1.165, 1.54) is 0 Å². The van der Waals surface area contributed by atoms with E-state index in [1.54, 1.807) is 13.1 Å². The third-order valence-corrected chi connectivity index (χ3v) is 3.88. The first kappa shape index (κ1) is 14.7. The summed E-state index contributed by atoms with van der Waals surface area (Å²) < 4.78 is 5.32. The van der Waals surface area contributed by atoms with Gasteiger partial charge < -0.3 is 20.5 Å². The van der Waals surface area contributed by atoms with E-state index < -0.39 is 5.54 Å². The Morgan fingerprint density at radius 1 is 1.32 bits per heavy atom. The number of nitrogens with zero attached hydrogens (tertiary/aromatic N) is 1. The number of nitrogens with one attached hydrogen (secondary N) is 2. The number of ether oxygens (including phenoxy) is 1. The number of hydrogen-bond donors (Lipinski definition) is 3. The summed E-state index contributed by atoms with van der Waals surface area (Å²) in [5.41, 5.74) is -0.437. The Morgan fingerprint density at radius 3 is 2.53 bits per heavy atom. The van der Waals surface area contributed by atoms with Crippen molar-refractivity contribution >= 4 is 34.8 Å². The van der Waals surface area contributed by atoms with Crippen LogP contribution in [0.3, 0.4) is 0 Å². The minimum absolute atomic E-state index is 0.00584. The second kappa shape index (κ2) is 6.13. The minimum Gasteiger partial charge on any atom is -0.394 e. The van der Waals surface area contributed by atoms with Crippen LogP contribution in [0.4, 0.5) is 11.6 Å². The molecule has 2 rings (SSSR count). The van der Waals surface area contributed by atoms with Crippen LogP contribution in [0.1, 0.15) is 12.8 Å². The summed E-state index contributed by atoms with van der Waals surface area (Å²) in [5, 5.41) is 16.7. The highest BCUT2D eigenvalue weighted by Crippen LogP contribution is 2.33. The van der Waals surface area contributed by atoms with Gasteiger partial charge in [-0.05, 0) is 18.9 Å². The van der Waals surface area contributed by atoms with E-state index in [0.29, 0.717) is 47.7 Å². The van der Waals surface area contributed by atoms with Crippen LogP contribution in [-0.4, -0.2) is 42.5 Å². The highest BCUT2D eigenvalue weighted by molar-refractivity contribution is 6.37. The van der Waals surface area contributed by atoms with Crippen LogP contribution in [0.15, 0.2) is 6.07 Å². The molecule has 0 radical (unpaired) electrons. The maximum Gasteiger partial charge on any atom is 0.147 e. The summed E-state index contributed by atoms with van der Waals surface area (Å²) >= 11 is 12.2. The zero-order valence-corrected chi connectivity index (χ0v) is 12.2. The number of aliphatic hydroxyl groups excluding tert-OH is 1. The SMILES string of the molecule is CNc1nc(NC2(CO)CCOCC2)c(Cl)cc1Cl. The second-order valence-electron chi connectivity index (χ2n) is 4.58. The van der Waals surface area contributed by atoms with Crippen molar-refractivity contribution in [2.24, 2.45) is 0 Å². The summed E-state index contributed by atoms with van der Waals surface area (Å²) in [5.74, 6) is 1.07. The molecule has 1 aliphatic rings. The number of halogens is 2. The lowest BCUT2D eigenvalue weighted by atomic mass is 9.91. The van der Waals surface area contributed by atoms with Crippen molar-refractivity contribution in [2.75, 3.05) is 37.5 Å². The maximum atomic E-state index is 9.64. The van der Waals surface area contributed by atoms with Crippen LogP contribution in [0.5, 0.6) is 0 Å². The van der Waals surface area contributed by atoms with Gasteiger partial charge in [0, 0.05) is 20.3 Å². The fraction of sp³-hybridized carbons (Fsp3) is 0.583. The third kappa shape index (κ3) is 3.23. The maximum absolute atomic E-state index is 9.64. The largest absolute Gasteiger partial charge is 0.394 e. The van der Waals surface area contributed by atoms with Gasteiger partial charge in [-0.25, -0.2) is 4.98 Å². The van der Waals surface area contributed by atoms with Crippen LogP contribution >= 0.6 is 23.2 Å². The van der Waals surface area contributed by atoms with E-state index in [2.05, 4.69) is 15.6 Å². The molecule has 0 saturated carbocycles. The van der Waals surface area contributed by atoms with Gasteiger partial charge in [0.05, 0.1) is 22.2 Å². The molecule has 0 aromatic carbocycles. The van der Waals surface area contributed by atoms with Crippen molar-refractivity contribution in [1.29, 1.82) is 0 Å². The molecule has 0 bridgehead atoms. The van der Waals surface area contributed by atoms with Crippen molar-refractivity contribution in [3.05, 3.63) is 16.1 Å². The van der Waals surface area contributed by atoms with E-state index in [9.17, 15) is 5.11 Å². The summed E-state index contributed by atoms with van der Waals surface area (Å²) in [6.45, 7) is 1.22. The predicted octanol–water partition coefficient (Wildman–Crippen LogP) is 2.38. The second-order valence-corrected chi connectivity index (χ2v) is 5.39. The summed E-state index contributed by atoms with van der Waals surface area (Å²) in [6.07, 6.45) is 1.41. The van der Waals surface area contributed by atoms with E-state index in [-0.39, 0.29) is 6.61 Å². The van der Waals surface area contributed by atoms with E-state index in [0.717, 1.165) is 0 Å². The van der Waals surface area contributed by atoms with Gasteiger partial charge in [-0.3, -0.25) is 0 Å². The van der Waals surface area contributed by atoms with Gasteiger partial charge in [-0.15, -0.1) is 0 Å². The molecule has 0 amide bonds. The lowest BCUT2D eigenvalue weighted by Gasteiger charge is -2.37. The molecule has 1 aromatic heterocycles. The fourth-order valence-electron chi connectivity index (χ4n) is 2.07. The number of pyridine rings is 1. The van der Waals surface area contributed by atoms with Gasteiger partial charge in [0.15, 0.2) is 0 Å². The Kier molecular flexibility index (Phi) is 4.73. The van der Waals surface area contributed by atoms with E-state index in [1.807, 2.05) is 0 Å². The fourth-order valence-corrected chi connectivity index (χ4v) is 2.57. The van der Waals surface area contributed by atoms with Crippen LogP contribution in [0.2, 0.25) is 10.0 Å². The summed E-state index contributed by atoms with van der Waals surface area (Å²) in [4.78, 5) is 4.34. The molecule has 0 atom stereocenters. The number of aromatic nitrogens is 1. The standard InChI is InChI=1S/C12H17Cl2N3O2/c1-15-10-8(13)6-9(14)11(16-10)17-12(7-18)2-4-19-5-3-12/h6,18H,2-5,7H2,1H3,(H2,15,16,17). The molecule has 0 aliphatic carbocycles. The molecule has 106 valence electrons. The number of hydrogen-bond acceptors (Lipinski definition) is 5. The Balaban J connectivity index is 2.26. The van der Waals surface area contributed by atoms with Gasteiger partial charge >= 0.3 is 0 Å². The molecule has 19 heavy (non-hydrogen) atoms. The number of rotatable bonds is 4. The minimum atomic E-state index is -0.437. The quantitative estimate of drug-likeness (QED) is 0.797. The number of aliphatic hydroxyl groups is 1. The van der Waals surface area contributed by atoms with Gasteiger partial charge in [0.1, 0.15) is 11.6 Å². The zero-order chi connectivity index (χ0) is 13.9. The predicted molar refractivity (Wildman–Crippen MR) is 77.3 cm³/mol. The first-order chi connectivity index (χ1) is 9.10. The lowest BCUT2D eigenvalue weighted by molar-refractivity contribution is 0.0378. The van der Waals surface area contributed by atoms with Crippen LogP contribution in [0.25, 0.3) is 0 Å².